The molecule has 1 aliphatic heterocycles. The van der Waals surface area contributed by atoms with Gasteiger partial charge in [0, 0.05) is 24.9 Å². The Morgan fingerprint density at radius 3 is 2.43 bits per heavy atom. The van der Waals surface area contributed by atoms with E-state index in [1.807, 2.05) is 44.4 Å². The van der Waals surface area contributed by atoms with Crippen molar-refractivity contribution in [3.05, 3.63) is 59.7 Å². The van der Waals surface area contributed by atoms with E-state index >= 15 is 0 Å². The smallest absolute Gasteiger partial charge is 0.220 e. The number of likely N-dealkylation sites (N-methyl/N-ethyl adjacent to an activating group) is 1. The molecule has 0 radical (unpaired) electrons. The van der Waals surface area contributed by atoms with Gasteiger partial charge in [-0.05, 0) is 37.9 Å². The molecule has 0 fully saturated rings. The highest BCUT2D eigenvalue weighted by Crippen LogP contribution is 2.31. The van der Waals surface area contributed by atoms with Gasteiger partial charge < -0.3 is 19.7 Å². The molecule has 6 nitrogen and oxygen atoms in total. The zero-order valence-electron chi connectivity index (χ0n) is 16.3. The largest absolute Gasteiger partial charge is 0.486 e. The van der Waals surface area contributed by atoms with Crippen molar-refractivity contribution in [1.82, 2.24) is 10.2 Å². The Labute approximate surface area is 165 Å². The van der Waals surface area contributed by atoms with Gasteiger partial charge in [-0.25, -0.2) is 0 Å². The molecule has 2 aromatic carbocycles. The molecule has 0 aliphatic carbocycles. The van der Waals surface area contributed by atoms with Gasteiger partial charge in [0.05, 0.1) is 6.04 Å². The van der Waals surface area contributed by atoms with Crippen LogP contribution in [-0.2, 0) is 4.79 Å². The predicted octanol–water partition coefficient (Wildman–Crippen LogP) is 2.84. The highest BCUT2D eigenvalue weighted by Gasteiger charge is 2.17. The van der Waals surface area contributed by atoms with Crippen LogP contribution in [0.2, 0.25) is 0 Å². The quantitative estimate of drug-likeness (QED) is 0.711. The maximum Gasteiger partial charge on any atom is 0.220 e. The van der Waals surface area contributed by atoms with E-state index in [4.69, 9.17) is 9.47 Å². The number of amides is 1. The van der Waals surface area contributed by atoms with Crippen LogP contribution in [0.5, 0.6) is 11.5 Å². The van der Waals surface area contributed by atoms with Gasteiger partial charge >= 0.3 is 0 Å². The molecule has 0 bridgehead atoms. The number of benzene rings is 2. The highest BCUT2D eigenvalue weighted by atomic mass is 16.6. The molecule has 148 valence electrons. The maximum absolute atomic E-state index is 12.4. The van der Waals surface area contributed by atoms with Crippen molar-refractivity contribution in [2.45, 2.75) is 18.9 Å². The van der Waals surface area contributed by atoms with Crippen molar-refractivity contribution >= 4 is 11.7 Å². The first-order chi connectivity index (χ1) is 13.5. The van der Waals surface area contributed by atoms with Crippen LogP contribution in [-0.4, -0.2) is 50.4 Å². The molecule has 3 rings (SSSR count). The number of ketones is 1. The first-order valence-electron chi connectivity index (χ1n) is 9.45. The average molecular weight is 382 g/mol. The molecule has 1 unspecified atom stereocenters. The number of nitrogens with zero attached hydrogens (tertiary/aromatic N) is 1. The molecule has 0 spiro atoms. The number of hydrogen-bond acceptors (Lipinski definition) is 5. The second-order valence-corrected chi connectivity index (χ2v) is 6.98. The lowest BCUT2D eigenvalue weighted by atomic mass is 10.0. The Morgan fingerprint density at radius 1 is 1.00 bits per heavy atom. The van der Waals surface area contributed by atoms with Gasteiger partial charge in [0.25, 0.3) is 0 Å². The normalized spacial score (nSPS) is 13.8. The third-order valence-electron chi connectivity index (χ3n) is 4.74. The summed E-state index contributed by atoms with van der Waals surface area (Å²) in [6.45, 7) is 1.48. The van der Waals surface area contributed by atoms with Gasteiger partial charge in [-0.3, -0.25) is 9.59 Å². The van der Waals surface area contributed by atoms with Gasteiger partial charge in [0.15, 0.2) is 17.3 Å². The Hall–Kier alpha value is -2.86. The van der Waals surface area contributed by atoms with Crippen LogP contribution < -0.4 is 14.8 Å². The van der Waals surface area contributed by atoms with E-state index in [1.54, 1.807) is 18.2 Å². The zero-order chi connectivity index (χ0) is 19.9. The minimum atomic E-state index is -0.131. The summed E-state index contributed by atoms with van der Waals surface area (Å²) in [7, 11) is 3.96. The number of fused-ring (bicyclic) bond motifs is 1. The Bertz CT molecular complexity index is 821. The third kappa shape index (κ3) is 5.10. The van der Waals surface area contributed by atoms with Gasteiger partial charge in [0.1, 0.15) is 13.2 Å². The Balaban J connectivity index is 1.50. The summed E-state index contributed by atoms with van der Waals surface area (Å²) in [4.78, 5) is 26.7. The van der Waals surface area contributed by atoms with Crippen molar-refractivity contribution in [1.29, 1.82) is 0 Å². The standard InChI is InChI=1S/C22H26N2O4/c1-24(2)18(16-6-4-3-5-7-16)15-23-22(26)11-9-19(25)17-8-10-20-21(14-17)28-13-12-27-20/h3-8,10,14,18H,9,11-13,15H2,1-2H3,(H,23,26). The summed E-state index contributed by atoms with van der Waals surface area (Å²) in [5, 5.41) is 2.94. The van der Waals surface area contributed by atoms with Crippen LogP contribution >= 0.6 is 0 Å². The Kier molecular flexibility index (Phi) is 6.66. The van der Waals surface area contributed by atoms with E-state index < -0.39 is 0 Å². The molecule has 2 aromatic rings. The number of hydrogen-bond donors (Lipinski definition) is 1. The summed E-state index contributed by atoms with van der Waals surface area (Å²) in [6.07, 6.45) is 0.311. The van der Waals surface area contributed by atoms with Crippen LogP contribution in [0.1, 0.15) is 34.8 Å². The molecule has 1 N–H and O–H groups in total. The van der Waals surface area contributed by atoms with Gasteiger partial charge in [-0.1, -0.05) is 30.3 Å². The van der Waals surface area contributed by atoms with E-state index in [9.17, 15) is 9.59 Å². The first-order valence-corrected chi connectivity index (χ1v) is 9.45. The SMILES string of the molecule is CN(C)C(CNC(=O)CCC(=O)c1ccc2c(c1)OCCO2)c1ccccc1. The van der Waals surface area contributed by atoms with Gasteiger partial charge in [0.2, 0.25) is 5.91 Å². The summed E-state index contributed by atoms with van der Waals surface area (Å²) in [6, 6.07) is 15.3. The molecule has 0 saturated carbocycles. The predicted molar refractivity (Wildman–Crippen MR) is 107 cm³/mol. The molecule has 1 aliphatic rings. The van der Waals surface area contributed by atoms with E-state index in [0.717, 1.165) is 5.56 Å². The Morgan fingerprint density at radius 2 is 1.71 bits per heavy atom. The van der Waals surface area contributed by atoms with Crippen LogP contribution in [0.4, 0.5) is 0 Å². The van der Waals surface area contributed by atoms with Crippen LogP contribution in [0.25, 0.3) is 0 Å². The molecular formula is C22H26N2O4. The number of Topliss-reactive ketones (excluding diaryl/α,β-unsaturated/α-hetero) is 1. The monoisotopic (exact) mass is 382 g/mol. The molecule has 0 saturated heterocycles. The van der Waals surface area contributed by atoms with Crippen molar-refractivity contribution in [2.24, 2.45) is 0 Å². The lowest BCUT2D eigenvalue weighted by Crippen LogP contribution is -2.34. The minimum Gasteiger partial charge on any atom is -0.486 e. The summed E-state index contributed by atoms with van der Waals surface area (Å²) < 4.78 is 11.0. The zero-order valence-corrected chi connectivity index (χ0v) is 16.3. The van der Waals surface area contributed by atoms with E-state index in [-0.39, 0.29) is 30.6 Å². The van der Waals surface area contributed by atoms with Gasteiger partial charge in [-0.15, -0.1) is 0 Å². The number of ether oxygens (including phenoxy) is 2. The second-order valence-electron chi connectivity index (χ2n) is 6.98. The van der Waals surface area contributed by atoms with Crippen LogP contribution in [0, 0.1) is 0 Å². The number of carbonyl (C=O) groups excluding carboxylic acids is 2. The number of carbonyl (C=O) groups is 2. The molecule has 1 amide bonds. The molecule has 6 heteroatoms. The maximum atomic E-state index is 12.4. The minimum absolute atomic E-state index is 0.0821. The third-order valence-corrected chi connectivity index (χ3v) is 4.74. The van der Waals surface area contributed by atoms with Crippen LogP contribution in [0.15, 0.2) is 48.5 Å². The molecule has 28 heavy (non-hydrogen) atoms. The van der Waals surface area contributed by atoms with E-state index in [0.29, 0.717) is 36.8 Å². The number of rotatable bonds is 8. The summed E-state index contributed by atoms with van der Waals surface area (Å²) in [5.74, 6) is 1.02. The van der Waals surface area contributed by atoms with Crippen molar-refractivity contribution < 1.29 is 19.1 Å². The van der Waals surface area contributed by atoms with Crippen LogP contribution in [0.3, 0.4) is 0 Å². The summed E-state index contributed by atoms with van der Waals surface area (Å²) in [5.41, 5.74) is 1.67. The second kappa shape index (κ2) is 9.37. The van der Waals surface area contributed by atoms with Crippen molar-refractivity contribution in [2.75, 3.05) is 33.9 Å². The molecular weight excluding hydrogens is 356 g/mol. The van der Waals surface area contributed by atoms with Gasteiger partial charge in [-0.2, -0.15) is 0 Å². The van der Waals surface area contributed by atoms with E-state index in [1.165, 1.54) is 0 Å². The molecule has 0 aromatic heterocycles. The van der Waals surface area contributed by atoms with Crippen molar-refractivity contribution in [3.63, 3.8) is 0 Å². The fourth-order valence-electron chi connectivity index (χ4n) is 3.16. The highest BCUT2D eigenvalue weighted by molar-refractivity contribution is 5.98. The topological polar surface area (TPSA) is 67.9 Å². The van der Waals surface area contributed by atoms with Crippen molar-refractivity contribution in [3.8, 4) is 11.5 Å². The fourth-order valence-corrected chi connectivity index (χ4v) is 3.16. The molecule has 1 atom stereocenters. The lowest BCUT2D eigenvalue weighted by molar-refractivity contribution is -0.121. The first kappa shape index (κ1) is 19.9. The average Bonchev–Trinajstić information content (AvgIpc) is 2.72. The molecule has 1 heterocycles. The fraction of sp³-hybridized carbons (Fsp3) is 0.364. The summed E-state index contributed by atoms with van der Waals surface area (Å²) >= 11 is 0. The number of nitrogens with one attached hydrogen (secondary N) is 1. The van der Waals surface area contributed by atoms with E-state index in [2.05, 4.69) is 10.2 Å². The lowest BCUT2D eigenvalue weighted by Gasteiger charge is -2.25.